The van der Waals surface area contributed by atoms with E-state index in [1.165, 1.54) is 37.6 Å². The van der Waals surface area contributed by atoms with E-state index >= 15 is 0 Å². The van der Waals surface area contributed by atoms with Crippen LogP contribution in [0.5, 0.6) is 5.75 Å². The summed E-state index contributed by atoms with van der Waals surface area (Å²) >= 11 is 0. The molecule has 1 atom stereocenters. The summed E-state index contributed by atoms with van der Waals surface area (Å²) in [4.78, 5) is 17.1. The summed E-state index contributed by atoms with van der Waals surface area (Å²) in [6, 6.07) is 12.1. The van der Waals surface area contributed by atoms with E-state index in [1.807, 2.05) is 6.92 Å². The number of sulfonamides is 1. The van der Waals surface area contributed by atoms with Gasteiger partial charge in [-0.05, 0) is 49.2 Å². The number of rotatable bonds is 9. The van der Waals surface area contributed by atoms with Crippen LogP contribution in [0.2, 0.25) is 0 Å². The molecule has 1 amide bonds. The van der Waals surface area contributed by atoms with Crippen molar-refractivity contribution >= 4 is 15.9 Å². The maximum atomic E-state index is 13.3. The average Bonchev–Trinajstić information content (AvgIpc) is 2.82. The Morgan fingerprint density at radius 1 is 1.03 bits per heavy atom. The number of halogens is 2. The van der Waals surface area contributed by atoms with Crippen molar-refractivity contribution in [1.29, 1.82) is 0 Å². The molecule has 0 saturated heterocycles. The number of nitrogens with zero attached hydrogens (tertiary/aromatic N) is 1. The first kappa shape index (κ1) is 26.2. The van der Waals surface area contributed by atoms with Crippen molar-refractivity contribution < 1.29 is 31.5 Å². The number of amides is 1. The first-order chi connectivity index (χ1) is 16.5. The number of nitrogens with one attached hydrogen (secondary N) is 1. The van der Waals surface area contributed by atoms with Gasteiger partial charge in [0.15, 0.2) is 0 Å². The molecule has 0 unspecified atom stereocenters. The fourth-order valence-corrected chi connectivity index (χ4v) is 4.60. The van der Waals surface area contributed by atoms with Crippen molar-refractivity contribution in [2.24, 2.45) is 0 Å². The molecule has 0 bridgehead atoms. The lowest BCUT2D eigenvalue weighted by Crippen LogP contribution is -2.32. The van der Waals surface area contributed by atoms with Gasteiger partial charge in [0.05, 0.1) is 24.5 Å². The molecular weight excluding hydrogens is 478 g/mol. The number of pyridine rings is 1. The minimum absolute atomic E-state index is 0.0897. The number of alkyl halides is 2. The third-order valence-electron chi connectivity index (χ3n) is 5.46. The van der Waals surface area contributed by atoms with Crippen LogP contribution in [-0.2, 0) is 20.5 Å². The van der Waals surface area contributed by atoms with Crippen LogP contribution < -0.4 is 9.46 Å². The summed E-state index contributed by atoms with van der Waals surface area (Å²) < 4.78 is 64.7. The molecule has 0 radical (unpaired) electrons. The van der Waals surface area contributed by atoms with Gasteiger partial charge in [-0.25, -0.2) is 21.9 Å². The normalized spacial score (nSPS) is 12.4. The van der Waals surface area contributed by atoms with E-state index in [-0.39, 0.29) is 34.1 Å². The van der Waals surface area contributed by atoms with Crippen molar-refractivity contribution in [3.05, 3.63) is 82.7 Å². The predicted octanol–water partition coefficient (Wildman–Crippen LogP) is 4.97. The lowest BCUT2D eigenvalue weighted by atomic mass is 9.97. The van der Waals surface area contributed by atoms with Gasteiger partial charge >= 0.3 is 0 Å². The third kappa shape index (κ3) is 6.40. The Balaban J connectivity index is 1.91. The van der Waals surface area contributed by atoms with Crippen molar-refractivity contribution in [1.82, 2.24) is 9.71 Å². The highest BCUT2D eigenvalue weighted by molar-refractivity contribution is 7.89. The summed E-state index contributed by atoms with van der Waals surface area (Å²) in [7, 11) is -1.13. The molecular formula is C25H26F2N2O5S. The zero-order valence-corrected chi connectivity index (χ0v) is 20.5. The number of ether oxygens (including phenoxy) is 2. The largest absolute Gasteiger partial charge is 0.496 e. The Labute approximate surface area is 203 Å². The first-order valence-corrected chi connectivity index (χ1v) is 12.3. The maximum Gasteiger partial charge on any atom is 0.266 e. The van der Waals surface area contributed by atoms with Crippen LogP contribution in [0.3, 0.4) is 0 Å². The van der Waals surface area contributed by atoms with Crippen LogP contribution in [0.25, 0.3) is 11.1 Å². The number of aryl methyl sites for hydroxylation is 1. The van der Waals surface area contributed by atoms with E-state index in [2.05, 4.69) is 9.71 Å². The minimum atomic E-state index is -4.08. The van der Waals surface area contributed by atoms with Crippen LogP contribution in [0.4, 0.5) is 8.78 Å². The molecule has 0 aliphatic heterocycles. The Hall–Kier alpha value is -3.37. The molecule has 0 fully saturated rings. The quantitative estimate of drug-likeness (QED) is 0.442. The monoisotopic (exact) mass is 504 g/mol. The highest BCUT2D eigenvalue weighted by Crippen LogP contribution is 2.36. The zero-order chi connectivity index (χ0) is 25.8. The highest BCUT2D eigenvalue weighted by Gasteiger charge is 2.23. The smallest absolute Gasteiger partial charge is 0.266 e. The standard InChI is InChI=1S/C25H26F2N2O5S/c1-15-11-20(21-12-19(24(26)27)9-10-23(21)34-4)22(13-28-15)25(30)29-35(31,32)14-17-5-7-18(8-6-17)16(2)33-3/h5-13,16,24H,14H2,1-4H3,(H,29,30)/t16-/m1/s1. The second-order valence-corrected chi connectivity index (χ2v) is 9.66. The van der Waals surface area contributed by atoms with Crippen molar-refractivity contribution in [3.8, 4) is 16.9 Å². The lowest BCUT2D eigenvalue weighted by Gasteiger charge is -2.15. The number of carbonyl (C=O) groups is 1. The minimum Gasteiger partial charge on any atom is -0.496 e. The molecule has 0 aliphatic rings. The van der Waals surface area contributed by atoms with Gasteiger partial charge in [-0.2, -0.15) is 0 Å². The summed E-state index contributed by atoms with van der Waals surface area (Å²) in [6.07, 6.45) is -1.67. The molecule has 186 valence electrons. The van der Waals surface area contributed by atoms with Crippen LogP contribution >= 0.6 is 0 Å². The summed E-state index contributed by atoms with van der Waals surface area (Å²) in [5.41, 5.74) is 1.96. The van der Waals surface area contributed by atoms with Crippen LogP contribution in [0.15, 0.2) is 54.7 Å². The molecule has 0 saturated carbocycles. The van der Waals surface area contributed by atoms with Crippen molar-refractivity contribution in [2.75, 3.05) is 14.2 Å². The Morgan fingerprint density at radius 3 is 2.29 bits per heavy atom. The van der Waals surface area contributed by atoms with Crippen LogP contribution in [0.1, 0.15) is 52.2 Å². The fourth-order valence-electron chi connectivity index (χ4n) is 3.51. The molecule has 1 heterocycles. The predicted molar refractivity (Wildman–Crippen MR) is 128 cm³/mol. The maximum absolute atomic E-state index is 13.3. The van der Waals surface area contributed by atoms with E-state index < -0.39 is 28.1 Å². The summed E-state index contributed by atoms with van der Waals surface area (Å²) in [6.45, 7) is 3.53. The Bertz CT molecular complexity index is 1310. The van der Waals surface area contributed by atoms with Crippen molar-refractivity contribution in [2.45, 2.75) is 32.1 Å². The fraction of sp³-hybridized carbons (Fsp3) is 0.280. The molecule has 35 heavy (non-hydrogen) atoms. The average molecular weight is 505 g/mol. The summed E-state index contributed by atoms with van der Waals surface area (Å²) in [5, 5.41) is 0. The van der Waals surface area contributed by atoms with E-state index in [0.29, 0.717) is 11.3 Å². The van der Waals surface area contributed by atoms with Gasteiger partial charge in [-0.15, -0.1) is 0 Å². The topological polar surface area (TPSA) is 94.6 Å². The van der Waals surface area contributed by atoms with E-state index in [1.54, 1.807) is 38.3 Å². The molecule has 3 aromatic rings. The second kappa shape index (κ2) is 10.9. The number of methoxy groups -OCH3 is 2. The molecule has 2 aromatic carbocycles. The lowest BCUT2D eigenvalue weighted by molar-refractivity contribution is 0.0981. The third-order valence-corrected chi connectivity index (χ3v) is 6.67. The van der Waals surface area contributed by atoms with Gasteiger partial charge in [0.2, 0.25) is 10.0 Å². The van der Waals surface area contributed by atoms with E-state index in [0.717, 1.165) is 5.56 Å². The number of benzene rings is 2. The van der Waals surface area contributed by atoms with Gasteiger partial charge < -0.3 is 9.47 Å². The Kier molecular flexibility index (Phi) is 8.18. The molecule has 7 nitrogen and oxygen atoms in total. The molecule has 1 N–H and O–H groups in total. The molecule has 0 aliphatic carbocycles. The number of carbonyl (C=O) groups excluding carboxylic acids is 1. The number of hydrogen-bond acceptors (Lipinski definition) is 6. The molecule has 10 heteroatoms. The molecule has 0 spiro atoms. The first-order valence-electron chi connectivity index (χ1n) is 10.6. The summed E-state index contributed by atoms with van der Waals surface area (Å²) in [5.74, 6) is -1.11. The van der Waals surface area contributed by atoms with E-state index in [4.69, 9.17) is 9.47 Å². The van der Waals surface area contributed by atoms with Gasteiger partial charge in [0.25, 0.3) is 12.3 Å². The van der Waals surface area contributed by atoms with Gasteiger partial charge in [0.1, 0.15) is 5.75 Å². The van der Waals surface area contributed by atoms with Crippen LogP contribution in [0, 0.1) is 6.92 Å². The SMILES string of the molecule is COc1ccc(C(F)F)cc1-c1cc(C)ncc1C(=O)NS(=O)(=O)Cc1ccc([C@@H](C)OC)cc1. The highest BCUT2D eigenvalue weighted by atomic mass is 32.2. The van der Waals surface area contributed by atoms with Crippen molar-refractivity contribution in [3.63, 3.8) is 0 Å². The second-order valence-electron chi connectivity index (χ2n) is 7.94. The van der Waals surface area contributed by atoms with Gasteiger partial charge in [0, 0.05) is 35.7 Å². The van der Waals surface area contributed by atoms with Gasteiger partial charge in [-0.1, -0.05) is 24.3 Å². The number of hydrogen-bond donors (Lipinski definition) is 1. The van der Waals surface area contributed by atoms with Crippen LogP contribution in [-0.4, -0.2) is 33.5 Å². The molecule has 1 aromatic heterocycles. The number of aromatic nitrogens is 1. The Morgan fingerprint density at radius 2 is 1.69 bits per heavy atom. The zero-order valence-electron chi connectivity index (χ0n) is 19.7. The molecule has 3 rings (SSSR count). The van der Waals surface area contributed by atoms with Gasteiger partial charge in [-0.3, -0.25) is 9.78 Å². The van der Waals surface area contributed by atoms with E-state index in [9.17, 15) is 22.0 Å².